The van der Waals surface area contributed by atoms with Gasteiger partial charge in [-0.3, -0.25) is 14.9 Å². The summed E-state index contributed by atoms with van der Waals surface area (Å²) >= 11 is 0. The Morgan fingerprint density at radius 3 is 2.94 bits per heavy atom. The second kappa shape index (κ2) is 4.86. The molecule has 0 bridgehead atoms. The molecule has 1 unspecified atom stereocenters. The van der Waals surface area contributed by atoms with Crippen LogP contribution in [0.15, 0.2) is 12.1 Å². The highest BCUT2D eigenvalue weighted by atomic mass is 16.6. The van der Waals surface area contributed by atoms with Crippen molar-refractivity contribution in [3.05, 3.63) is 22.2 Å². The van der Waals surface area contributed by atoms with Crippen molar-refractivity contribution in [1.29, 1.82) is 0 Å². The van der Waals surface area contributed by atoms with E-state index in [1.807, 2.05) is 0 Å². The Hall–Kier alpha value is -2.38. The molecular weight excluding hydrogens is 238 g/mol. The highest BCUT2D eigenvalue weighted by Gasteiger charge is 2.20. The topological polar surface area (TPSA) is 123 Å². The minimum absolute atomic E-state index is 0.0398. The Morgan fingerprint density at radius 1 is 1.61 bits per heavy atom. The van der Waals surface area contributed by atoms with Crippen molar-refractivity contribution in [2.24, 2.45) is 0 Å². The Labute approximate surface area is 103 Å². The van der Waals surface area contributed by atoms with Crippen LogP contribution in [-0.4, -0.2) is 28.4 Å². The third kappa shape index (κ3) is 2.65. The van der Waals surface area contributed by atoms with Crippen LogP contribution < -0.4 is 16.4 Å². The van der Waals surface area contributed by atoms with Gasteiger partial charge in [0.15, 0.2) is 0 Å². The summed E-state index contributed by atoms with van der Waals surface area (Å²) in [4.78, 5) is 24.8. The number of carbonyl (C=O) groups excluding carboxylic acids is 1. The Balaban J connectivity index is 1.96. The number of anilines is 2. The lowest BCUT2D eigenvalue weighted by atomic mass is 10.2. The highest BCUT2D eigenvalue weighted by Crippen LogP contribution is 2.20. The Kier molecular flexibility index (Phi) is 3.26. The minimum atomic E-state index is -0.580. The maximum Gasteiger partial charge on any atom is 0.311 e. The summed E-state index contributed by atoms with van der Waals surface area (Å²) in [6.07, 6.45) is 1.30. The van der Waals surface area contributed by atoms with Crippen molar-refractivity contribution < 1.29 is 9.72 Å². The van der Waals surface area contributed by atoms with Crippen LogP contribution in [0.2, 0.25) is 0 Å². The lowest BCUT2D eigenvalue weighted by molar-refractivity contribution is -0.384. The first-order chi connectivity index (χ1) is 8.56. The molecule has 96 valence electrons. The van der Waals surface area contributed by atoms with Crippen LogP contribution >= 0.6 is 0 Å². The van der Waals surface area contributed by atoms with E-state index < -0.39 is 4.92 Å². The number of carbonyl (C=O) groups is 1. The molecule has 1 atom stereocenters. The fraction of sp³-hybridized carbons (Fsp3) is 0.400. The molecule has 18 heavy (non-hydrogen) atoms. The van der Waals surface area contributed by atoms with Gasteiger partial charge in [-0.05, 0) is 12.5 Å². The number of nitrogens with zero attached hydrogens (tertiary/aromatic N) is 2. The van der Waals surface area contributed by atoms with Crippen LogP contribution in [0.25, 0.3) is 0 Å². The van der Waals surface area contributed by atoms with Gasteiger partial charge >= 0.3 is 5.69 Å². The van der Waals surface area contributed by atoms with Gasteiger partial charge in [0.05, 0.1) is 4.92 Å². The second-order valence-electron chi connectivity index (χ2n) is 4.04. The van der Waals surface area contributed by atoms with E-state index in [4.69, 9.17) is 5.73 Å². The predicted octanol–water partition coefficient (Wildman–Crippen LogP) is 0.262. The zero-order chi connectivity index (χ0) is 13.1. The van der Waals surface area contributed by atoms with Crippen LogP contribution in [0.3, 0.4) is 0 Å². The first-order valence-corrected chi connectivity index (χ1v) is 5.50. The molecule has 0 spiro atoms. The van der Waals surface area contributed by atoms with Crippen molar-refractivity contribution in [1.82, 2.24) is 10.3 Å². The average Bonchev–Trinajstić information content (AvgIpc) is 2.72. The predicted molar refractivity (Wildman–Crippen MR) is 65.0 cm³/mol. The summed E-state index contributed by atoms with van der Waals surface area (Å²) in [6.45, 7) is 0.524. The maximum absolute atomic E-state index is 11.0. The number of nitrogen functional groups attached to an aromatic ring is 1. The highest BCUT2D eigenvalue weighted by molar-refractivity contribution is 5.78. The molecule has 8 nitrogen and oxygen atoms in total. The van der Waals surface area contributed by atoms with Crippen LogP contribution in [-0.2, 0) is 4.79 Å². The molecule has 0 saturated carbocycles. The van der Waals surface area contributed by atoms with Crippen molar-refractivity contribution in [3.8, 4) is 0 Å². The minimum Gasteiger partial charge on any atom is -0.378 e. The molecule has 8 heteroatoms. The van der Waals surface area contributed by atoms with Crippen molar-refractivity contribution in [2.45, 2.75) is 18.9 Å². The zero-order valence-corrected chi connectivity index (χ0v) is 9.55. The molecule has 1 fully saturated rings. The number of hydrogen-bond donors (Lipinski definition) is 3. The number of pyridine rings is 1. The van der Waals surface area contributed by atoms with Gasteiger partial charge in [-0.25, -0.2) is 4.98 Å². The van der Waals surface area contributed by atoms with Crippen LogP contribution in [0, 0.1) is 10.1 Å². The van der Waals surface area contributed by atoms with E-state index in [0.717, 1.165) is 6.42 Å². The monoisotopic (exact) mass is 251 g/mol. The lowest BCUT2D eigenvalue weighted by Gasteiger charge is -2.11. The summed E-state index contributed by atoms with van der Waals surface area (Å²) < 4.78 is 0. The van der Waals surface area contributed by atoms with Crippen LogP contribution in [0.5, 0.6) is 0 Å². The fourth-order valence-electron chi connectivity index (χ4n) is 1.78. The number of rotatable bonds is 4. The Morgan fingerprint density at radius 2 is 2.39 bits per heavy atom. The number of amides is 1. The van der Waals surface area contributed by atoms with Crippen molar-refractivity contribution >= 4 is 23.2 Å². The molecule has 1 amide bonds. The summed E-state index contributed by atoms with van der Waals surface area (Å²) in [5, 5.41) is 16.3. The van der Waals surface area contributed by atoms with E-state index in [-0.39, 0.29) is 23.5 Å². The summed E-state index contributed by atoms with van der Waals surface area (Å²) in [5.74, 6) is 0.373. The standard InChI is InChI=1S/C10H13N5O3/c11-10-7(15(17)18)2-3-8(14-10)12-5-6-1-4-9(16)13-6/h2-3,6H,1,4-5H2,(H,13,16)(H3,11,12,14). The molecule has 1 aliphatic heterocycles. The third-order valence-electron chi connectivity index (χ3n) is 2.71. The van der Waals surface area contributed by atoms with E-state index in [1.165, 1.54) is 12.1 Å². The van der Waals surface area contributed by atoms with Gasteiger partial charge in [0.2, 0.25) is 11.7 Å². The van der Waals surface area contributed by atoms with E-state index in [0.29, 0.717) is 18.8 Å². The summed E-state index contributed by atoms with van der Waals surface area (Å²) in [7, 11) is 0. The van der Waals surface area contributed by atoms with Gasteiger partial charge in [-0.15, -0.1) is 0 Å². The maximum atomic E-state index is 11.0. The van der Waals surface area contributed by atoms with Gasteiger partial charge in [-0.2, -0.15) is 0 Å². The van der Waals surface area contributed by atoms with Gasteiger partial charge in [0, 0.05) is 25.1 Å². The third-order valence-corrected chi connectivity index (χ3v) is 2.71. The molecule has 0 aliphatic carbocycles. The number of nitro groups is 1. The van der Waals surface area contributed by atoms with Gasteiger partial charge in [0.25, 0.3) is 0 Å². The molecule has 1 aromatic heterocycles. The molecule has 4 N–H and O–H groups in total. The molecule has 0 aromatic carbocycles. The van der Waals surface area contributed by atoms with Gasteiger partial charge in [-0.1, -0.05) is 0 Å². The Bertz CT molecular complexity index is 490. The first-order valence-electron chi connectivity index (χ1n) is 5.50. The number of hydrogen-bond acceptors (Lipinski definition) is 6. The number of nitrogens with two attached hydrogens (primary N) is 1. The average molecular weight is 251 g/mol. The summed E-state index contributed by atoms with van der Waals surface area (Å²) in [5.41, 5.74) is 5.25. The van der Waals surface area contributed by atoms with Gasteiger partial charge < -0.3 is 16.4 Å². The van der Waals surface area contributed by atoms with Crippen LogP contribution in [0.1, 0.15) is 12.8 Å². The normalized spacial score (nSPS) is 18.4. The molecular formula is C10H13N5O3. The number of aromatic nitrogens is 1. The molecule has 2 heterocycles. The zero-order valence-electron chi connectivity index (χ0n) is 9.55. The second-order valence-corrected chi connectivity index (χ2v) is 4.04. The van der Waals surface area contributed by atoms with Crippen molar-refractivity contribution in [2.75, 3.05) is 17.6 Å². The summed E-state index contributed by atoms with van der Waals surface area (Å²) in [6, 6.07) is 2.86. The van der Waals surface area contributed by atoms with E-state index in [2.05, 4.69) is 15.6 Å². The van der Waals surface area contributed by atoms with Crippen molar-refractivity contribution in [3.63, 3.8) is 0 Å². The molecule has 1 aromatic rings. The molecule has 0 radical (unpaired) electrons. The van der Waals surface area contributed by atoms with E-state index >= 15 is 0 Å². The molecule has 1 aliphatic rings. The van der Waals surface area contributed by atoms with Gasteiger partial charge in [0.1, 0.15) is 5.82 Å². The smallest absolute Gasteiger partial charge is 0.311 e. The van der Waals surface area contributed by atoms with E-state index in [1.54, 1.807) is 0 Å². The largest absolute Gasteiger partial charge is 0.378 e. The quantitative estimate of drug-likeness (QED) is 0.521. The fourth-order valence-corrected chi connectivity index (χ4v) is 1.78. The molecule has 1 saturated heterocycles. The van der Waals surface area contributed by atoms with Crippen LogP contribution in [0.4, 0.5) is 17.3 Å². The SMILES string of the molecule is Nc1nc(NCC2CCC(=O)N2)ccc1[N+](=O)[O-]. The first kappa shape index (κ1) is 12.1. The number of nitrogens with one attached hydrogen (secondary N) is 2. The van der Waals surface area contributed by atoms with E-state index in [9.17, 15) is 14.9 Å². The molecule has 2 rings (SSSR count). The lowest BCUT2D eigenvalue weighted by Crippen LogP contribution is -2.32.